The lowest BCUT2D eigenvalue weighted by atomic mass is 9.75. The Balaban J connectivity index is 0.000000301. The first-order chi connectivity index (χ1) is 17.4. The summed E-state index contributed by atoms with van der Waals surface area (Å²) < 4.78 is 63.5. The van der Waals surface area contributed by atoms with Crippen LogP contribution >= 0.6 is 11.3 Å². The third-order valence-corrected chi connectivity index (χ3v) is 7.63. The van der Waals surface area contributed by atoms with Gasteiger partial charge in [-0.2, -0.15) is 26.3 Å². The van der Waals surface area contributed by atoms with E-state index in [1.54, 1.807) is 0 Å². The van der Waals surface area contributed by atoms with Crippen molar-refractivity contribution in [3.8, 4) is 0 Å². The molecule has 3 fully saturated rings. The Morgan fingerprint density at radius 2 is 1.50 bits per heavy atom. The predicted octanol–water partition coefficient (Wildman–Crippen LogP) is 4.33. The second-order valence-electron chi connectivity index (χ2n) is 9.75. The molecule has 1 aromatic heterocycles. The van der Waals surface area contributed by atoms with E-state index in [1.165, 1.54) is 22.6 Å². The highest BCUT2D eigenvalue weighted by Crippen LogP contribution is 2.44. The molecular formula is C23H30F6N2O6S. The molecule has 3 N–H and O–H groups in total. The number of carboxylic acids is 3. The molecule has 0 amide bonds. The lowest BCUT2D eigenvalue weighted by Crippen LogP contribution is -2.41. The molecule has 38 heavy (non-hydrogen) atoms. The number of fused-ring (bicyclic) bond motifs is 1. The SMILES string of the molecule is Cc1ccc(CN2CCC[C@]3(C(=O)O)CN(CC4CC4)C[C@@H]3C2)s1.O=C(O)C(F)(F)F.O=C(O)C(F)(F)F. The zero-order chi connectivity index (χ0) is 28.9. The molecule has 0 unspecified atom stereocenters. The standard InChI is InChI=1S/C19H28N2O2S.2C2HF3O2/c1-14-3-6-17(24-14)12-20-8-2-7-19(18(22)23)13-21(9-15-4-5-15)11-16(19)10-20;2*3-2(4,5)1(6)7/h3,6,15-16H,2,4-5,7-13H2,1H3,(H,22,23);2*(H,6,7)/t16-,19-;;/m0../s1. The second kappa shape index (κ2) is 12.6. The van der Waals surface area contributed by atoms with Gasteiger partial charge in [-0.15, -0.1) is 11.3 Å². The Labute approximate surface area is 218 Å². The van der Waals surface area contributed by atoms with E-state index >= 15 is 0 Å². The summed E-state index contributed by atoms with van der Waals surface area (Å²) in [5.41, 5.74) is -0.505. The maximum atomic E-state index is 12.2. The van der Waals surface area contributed by atoms with Crippen molar-refractivity contribution in [3.63, 3.8) is 0 Å². The Hall–Kier alpha value is -2.39. The number of likely N-dealkylation sites (tertiary alicyclic amines) is 2. The molecule has 0 aromatic carbocycles. The van der Waals surface area contributed by atoms with E-state index in [-0.39, 0.29) is 5.92 Å². The summed E-state index contributed by atoms with van der Waals surface area (Å²) in [5.74, 6) is -4.96. The first-order valence-corrected chi connectivity index (χ1v) is 12.6. The summed E-state index contributed by atoms with van der Waals surface area (Å²) in [6, 6.07) is 4.41. The van der Waals surface area contributed by atoms with Gasteiger partial charge in [0.25, 0.3) is 0 Å². The van der Waals surface area contributed by atoms with E-state index < -0.39 is 35.7 Å². The highest BCUT2D eigenvalue weighted by atomic mass is 32.1. The van der Waals surface area contributed by atoms with Crippen molar-refractivity contribution in [1.29, 1.82) is 0 Å². The van der Waals surface area contributed by atoms with Crippen molar-refractivity contribution >= 4 is 29.2 Å². The van der Waals surface area contributed by atoms with Crippen LogP contribution in [0.2, 0.25) is 0 Å². The number of aliphatic carboxylic acids is 3. The second-order valence-corrected chi connectivity index (χ2v) is 11.1. The Kier molecular flexibility index (Phi) is 10.6. The zero-order valence-electron chi connectivity index (χ0n) is 20.5. The van der Waals surface area contributed by atoms with Gasteiger partial charge in [-0.1, -0.05) is 0 Å². The Morgan fingerprint density at radius 1 is 0.974 bits per heavy atom. The van der Waals surface area contributed by atoms with Crippen LogP contribution in [0.3, 0.4) is 0 Å². The van der Waals surface area contributed by atoms with Gasteiger partial charge in [0.1, 0.15) is 0 Å². The number of carboxylic acid groups (broad SMARTS) is 3. The lowest BCUT2D eigenvalue weighted by molar-refractivity contribution is -0.193. The van der Waals surface area contributed by atoms with Crippen LogP contribution in [0.1, 0.15) is 35.4 Å². The van der Waals surface area contributed by atoms with E-state index in [0.717, 1.165) is 58.0 Å². The molecule has 8 nitrogen and oxygen atoms in total. The maximum Gasteiger partial charge on any atom is 0.490 e. The molecule has 1 aromatic rings. The molecule has 4 rings (SSSR count). The van der Waals surface area contributed by atoms with Crippen LogP contribution in [0.4, 0.5) is 26.3 Å². The van der Waals surface area contributed by atoms with Gasteiger partial charge >= 0.3 is 30.3 Å². The number of hydrogen-bond acceptors (Lipinski definition) is 6. The fraction of sp³-hybridized carbons (Fsp3) is 0.696. The average molecular weight is 577 g/mol. The molecule has 1 saturated carbocycles. The highest BCUT2D eigenvalue weighted by molar-refractivity contribution is 7.11. The third kappa shape index (κ3) is 9.42. The van der Waals surface area contributed by atoms with Crippen LogP contribution in [0.25, 0.3) is 0 Å². The molecule has 2 aliphatic heterocycles. The number of alkyl halides is 6. The summed E-state index contributed by atoms with van der Waals surface area (Å²) in [5, 5.41) is 24.3. The molecule has 3 heterocycles. The Morgan fingerprint density at radius 3 is 1.92 bits per heavy atom. The quantitative estimate of drug-likeness (QED) is 0.444. The number of nitrogens with zero attached hydrogens (tertiary/aromatic N) is 2. The number of rotatable bonds is 5. The minimum Gasteiger partial charge on any atom is -0.481 e. The summed E-state index contributed by atoms with van der Waals surface area (Å²) in [6.07, 6.45) is -5.64. The van der Waals surface area contributed by atoms with E-state index in [2.05, 4.69) is 28.9 Å². The molecule has 216 valence electrons. The van der Waals surface area contributed by atoms with E-state index in [9.17, 15) is 36.2 Å². The molecular weight excluding hydrogens is 546 g/mol. The summed E-state index contributed by atoms with van der Waals surface area (Å²) in [6.45, 7) is 7.97. The largest absolute Gasteiger partial charge is 0.490 e. The smallest absolute Gasteiger partial charge is 0.481 e. The van der Waals surface area contributed by atoms with Crippen molar-refractivity contribution in [3.05, 3.63) is 21.9 Å². The van der Waals surface area contributed by atoms with E-state index in [4.69, 9.17) is 19.8 Å². The molecule has 15 heteroatoms. The summed E-state index contributed by atoms with van der Waals surface area (Å²) in [4.78, 5) is 37.7. The topological polar surface area (TPSA) is 118 Å². The van der Waals surface area contributed by atoms with E-state index in [1.807, 2.05) is 11.3 Å². The predicted molar refractivity (Wildman–Crippen MR) is 124 cm³/mol. The molecule has 0 bridgehead atoms. The van der Waals surface area contributed by atoms with Crippen molar-refractivity contribution in [2.75, 3.05) is 32.7 Å². The van der Waals surface area contributed by atoms with Crippen LogP contribution in [0.5, 0.6) is 0 Å². The van der Waals surface area contributed by atoms with Crippen molar-refractivity contribution in [1.82, 2.24) is 9.80 Å². The van der Waals surface area contributed by atoms with Gasteiger partial charge < -0.3 is 20.2 Å². The fourth-order valence-corrected chi connectivity index (χ4v) is 5.64. The van der Waals surface area contributed by atoms with Crippen molar-refractivity contribution < 1.29 is 56.0 Å². The molecule has 2 saturated heterocycles. The highest BCUT2D eigenvalue weighted by Gasteiger charge is 2.53. The fourth-order valence-electron chi connectivity index (χ4n) is 4.70. The number of thiophene rings is 1. The minimum absolute atomic E-state index is 0.275. The van der Waals surface area contributed by atoms with Gasteiger partial charge in [0.15, 0.2) is 0 Å². The molecule has 1 aliphatic carbocycles. The van der Waals surface area contributed by atoms with Gasteiger partial charge in [0.2, 0.25) is 0 Å². The van der Waals surface area contributed by atoms with Gasteiger partial charge in [-0.05, 0) is 57.2 Å². The monoisotopic (exact) mass is 576 g/mol. The van der Waals surface area contributed by atoms with Crippen LogP contribution in [0, 0.1) is 24.2 Å². The van der Waals surface area contributed by atoms with Crippen LogP contribution in [0.15, 0.2) is 12.1 Å². The lowest BCUT2D eigenvalue weighted by Gasteiger charge is -2.29. The van der Waals surface area contributed by atoms with Gasteiger partial charge in [0, 0.05) is 48.4 Å². The van der Waals surface area contributed by atoms with Crippen LogP contribution in [-0.2, 0) is 20.9 Å². The van der Waals surface area contributed by atoms with Gasteiger partial charge in [-0.3, -0.25) is 9.69 Å². The first kappa shape index (κ1) is 31.8. The summed E-state index contributed by atoms with van der Waals surface area (Å²) >= 11 is 1.87. The first-order valence-electron chi connectivity index (χ1n) is 11.8. The molecule has 0 spiro atoms. The minimum atomic E-state index is -5.08. The number of hydrogen-bond donors (Lipinski definition) is 3. The maximum absolute atomic E-state index is 12.2. The van der Waals surface area contributed by atoms with E-state index in [0.29, 0.717) is 0 Å². The Bertz CT molecular complexity index is 956. The van der Waals surface area contributed by atoms with Crippen LogP contribution in [-0.4, -0.2) is 88.1 Å². The molecule has 0 radical (unpaired) electrons. The average Bonchev–Trinajstić information content (AvgIpc) is 3.43. The van der Waals surface area contributed by atoms with Gasteiger partial charge in [0.05, 0.1) is 5.41 Å². The zero-order valence-corrected chi connectivity index (χ0v) is 21.3. The number of halogens is 6. The molecule has 3 aliphatic rings. The number of aryl methyl sites for hydroxylation is 1. The van der Waals surface area contributed by atoms with Crippen molar-refractivity contribution in [2.45, 2.75) is 51.5 Å². The normalized spacial score (nSPS) is 24.2. The van der Waals surface area contributed by atoms with Crippen LogP contribution < -0.4 is 0 Å². The molecule has 2 atom stereocenters. The van der Waals surface area contributed by atoms with Crippen molar-refractivity contribution in [2.24, 2.45) is 17.3 Å². The van der Waals surface area contributed by atoms with Gasteiger partial charge in [-0.25, -0.2) is 9.59 Å². The number of carbonyl (C=O) groups is 3. The third-order valence-electron chi connectivity index (χ3n) is 6.64. The summed E-state index contributed by atoms with van der Waals surface area (Å²) in [7, 11) is 0.